The molecule has 0 heterocycles. The fraction of sp³-hybridized carbons (Fsp3) is 0.222. The average molecular weight is 212 g/mol. The summed E-state index contributed by atoms with van der Waals surface area (Å²) in [4.78, 5) is 10.5. The smallest absolute Gasteiger partial charge is 0.335 e. The van der Waals surface area contributed by atoms with E-state index in [9.17, 15) is 4.79 Å². The van der Waals surface area contributed by atoms with Crippen LogP contribution in [-0.2, 0) is 0 Å². The van der Waals surface area contributed by atoms with E-state index in [1.807, 2.05) is 0 Å². The first-order valence-electron chi connectivity index (χ1n) is 4.09. The van der Waals surface area contributed by atoms with Gasteiger partial charge in [-0.25, -0.2) is 4.79 Å². The molecule has 0 atom stereocenters. The molecule has 0 aliphatic carbocycles. The summed E-state index contributed by atoms with van der Waals surface area (Å²) in [6, 6.07) is 6.61. The number of nitrogens with two attached hydrogens (primary N) is 1. The third-order valence-electron chi connectivity index (χ3n) is 1.63. The second-order valence-electron chi connectivity index (χ2n) is 2.57. The highest BCUT2D eigenvalue weighted by Gasteiger charge is 2.00. The van der Waals surface area contributed by atoms with E-state index in [1.54, 1.807) is 36.0 Å². The normalized spacial score (nSPS) is 9.79. The minimum absolute atomic E-state index is 0.294. The molecule has 0 radical (unpaired) electrons. The fourth-order valence-corrected chi connectivity index (χ4v) is 1.31. The average Bonchev–Trinajstić information content (AvgIpc) is 2.19. The molecule has 4 N–H and O–H groups in total. The maximum absolute atomic E-state index is 10.5. The summed E-state index contributed by atoms with van der Waals surface area (Å²) in [7, 11) is 0. The molecule has 0 saturated heterocycles. The van der Waals surface area contributed by atoms with E-state index in [4.69, 9.17) is 10.8 Å². The molecule has 1 aromatic carbocycles. The number of hydrogen-bond donors (Lipinski definition) is 3. The Morgan fingerprint density at radius 1 is 1.43 bits per heavy atom. The van der Waals surface area contributed by atoms with Crippen LogP contribution in [0.25, 0.3) is 0 Å². The maximum Gasteiger partial charge on any atom is 0.335 e. The lowest BCUT2D eigenvalue weighted by Crippen LogP contribution is -2.02. The lowest BCUT2D eigenvalue weighted by molar-refractivity contribution is 0.0697. The van der Waals surface area contributed by atoms with Gasteiger partial charge < -0.3 is 16.2 Å². The van der Waals surface area contributed by atoms with Crippen LogP contribution in [0, 0.1) is 0 Å². The van der Waals surface area contributed by atoms with E-state index in [0.717, 1.165) is 11.6 Å². The predicted octanol–water partition coefficient (Wildman–Crippen LogP) is 1.40. The topological polar surface area (TPSA) is 75.3 Å². The molecule has 0 spiro atoms. The van der Waals surface area contributed by atoms with Crippen molar-refractivity contribution in [2.45, 2.75) is 0 Å². The van der Waals surface area contributed by atoms with Crippen molar-refractivity contribution in [3.63, 3.8) is 0 Å². The Morgan fingerprint density at radius 3 is 2.57 bits per heavy atom. The summed E-state index contributed by atoms with van der Waals surface area (Å²) in [5.41, 5.74) is 6.49. The van der Waals surface area contributed by atoms with Gasteiger partial charge in [0.25, 0.3) is 0 Å². The van der Waals surface area contributed by atoms with E-state index >= 15 is 0 Å². The van der Waals surface area contributed by atoms with Gasteiger partial charge in [-0.1, -0.05) is 0 Å². The van der Waals surface area contributed by atoms with Crippen molar-refractivity contribution in [2.24, 2.45) is 5.73 Å². The van der Waals surface area contributed by atoms with Crippen molar-refractivity contribution in [1.82, 2.24) is 0 Å². The largest absolute Gasteiger partial charge is 0.478 e. The summed E-state index contributed by atoms with van der Waals surface area (Å²) in [5, 5.41) is 11.8. The Kier molecular flexibility index (Phi) is 4.28. The second-order valence-corrected chi connectivity index (χ2v) is 3.60. The zero-order valence-electron chi connectivity index (χ0n) is 7.56. The highest BCUT2D eigenvalue weighted by molar-refractivity contribution is 7.99. The van der Waals surface area contributed by atoms with E-state index in [0.29, 0.717) is 11.4 Å². The quantitative estimate of drug-likeness (QED) is 0.508. The summed E-state index contributed by atoms with van der Waals surface area (Å²) >= 11 is 1.56. The van der Waals surface area contributed by atoms with Crippen molar-refractivity contribution in [1.29, 1.82) is 0 Å². The van der Waals surface area contributed by atoms with Crippen LogP contribution in [0.15, 0.2) is 24.3 Å². The molecule has 4 nitrogen and oxygen atoms in total. The lowest BCUT2D eigenvalue weighted by atomic mass is 10.2. The first kappa shape index (κ1) is 10.9. The Labute approximate surface area is 86.5 Å². The van der Waals surface area contributed by atoms with Crippen LogP contribution in [0.5, 0.6) is 0 Å². The second kappa shape index (κ2) is 5.51. The first-order chi connectivity index (χ1) is 6.74. The molecule has 5 heteroatoms. The molecule has 0 fully saturated rings. The van der Waals surface area contributed by atoms with Gasteiger partial charge in [0, 0.05) is 11.6 Å². The third kappa shape index (κ3) is 3.27. The molecule has 1 aromatic rings. The molecule has 0 aliphatic heterocycles. The van der Waals surface area contributed by atoms with Crippen LogP contribution in [0.3, 0.4) is 0 Å². The molecular weight excluding hydrogens is 200 g/mol. The summed E-state index contributed by atoms with van der Waals surface area (Å²) in [5.74, 6) is 0.385. The number of anilines is 1. The van der Waals surface area contributed by atoms with Crippen LogP contribution in [0.4, 0.5) is 5.69 Å². The number of nitrogens with one attached hydrogen (secondary N) is 1. The molecule has 0 amide bonds. The van der Waals surface area contributed by atoms with Crippen LogP contribution < -0.4 is 11.1 Å². The van der Waals surface area contributed by atoms with E-state index < -0.39 is 5.97 Å². The van der Waals surface area contributed by atoms with Crippen LogP contribution in [0.1, 0.15) is 10.4 Å². The molecule has 1 rings (SSSR count). The highest BCUT2D eigenvalue weighted by Crippen LogP contribution is 2.10. The minimum atomic E-state index is -0.909. The number of carboxylic acid groups (broad SMARTS) is 1. The zero-order chi connectivity index (χ0) is 10.4. The lowest BCUT2D eigenvalue weighted by Gasteiger charge is -2.04. The first-order valence-corrected chi connectivity index (χ1v) is 5.24. The predicted molar refractivity (Wildman–Crippen MR) is 58.5 cm³/mol. The van der Waals surface area contributed by atoms with E-state index in [1.165, 1.54) is 0 Å². The van der Waals surface area contributed by atoms with Crippen molar-refractivity contribution in [3.05, 3.63) is 29.8 Å². The monoisotopic (exact) mass is 212 g/mol. The summed E-state index contributed by atoms with van der Waals surface area (Å²) < 4.78 is 0. The van der Waals surface area contributed by atoms with Crippen LogP contribution in [0.2, 0.25) is 0 Å². The SMILES string of the molecule is NCSCNc1ccc(C(=O)O)cc1. The van der Waals surface area contributed by atoms with Gasteiger partial charge in [0.1, 0.15) is 0 Å². The zero-order valence-corrected chi connectivity index (χ0v) is 8.38. The number of carboxylic acids is 1. The minimum Gasteiger partial charge on any atom is -0.478 e. The van der Waals surface area contributed by atoms with Crippen LogP contribution in [-0.4, -0.2) is 22.8 Å². The molecule has 0 saturated carbocycles. The number of aromatic carboxylic acids is 1. The van der Waals surface area contributed by atoms with Crippen molar-refractivity contribution in [3.8, 4) is 0 Å². The van der Waals surface area contributed by atoms with Gasteiger partial charge in [-0.15, -0.1) is 11.8 Å². The molecular formula is C9H12N2O2S. The third-order valence-corrected chi connectivity index (χ3v) is 2.21. The number of hydrogen-bond acceptors (Lipinski definition) is 4. The van der Waals surface area contributed by atoms with Gasteiger partial charge >= 0.3 is 5.97 Å². The van der Waals surface area contributed by atoms with Gasteiger partial charge in [0.15, 0.2) is 0 Å². The molecule has 0 unspecified atom stereocenters. The standard InChI is InChI=1S/C9H12N2O2S/c10-5-14-6-11-8-3-1-7(2-4-8)9(12)13/h1-4,11H,5-6,10H2,(H,12,13). The molecule has 76 valence electrons. The number of rotatable bonds is 5. The Morgan fingerprint density at radius 2 is 2.07 bits per heavy atom. The molecule has 0 bridgehead atoms. The van der Waals surface area contributed by atoms with Crippen LogP contribution >= 0.6 is 11.8 Å². The van der Waals surface area contributed by atoms with Gasteiger partial charge in [-0.2, -0.15) is 0 Å². The number of thioether (sulfide) groups is 1. The fourth-order valence-electron chi connectivity index (χ4n) is 0.924. The van der Waals surface area contributed by atoms with Gasteiger partial charge in [0.2, 0.25) is 0 Å². The van der Waals surface area contributed by atoms with Crippen molar-refractivity contribution < 1.29 is 9.90 Å². The molecule has 14 heavy (non-hydrogen) atoms. The van der Waals surface area contributed by atoms with Crippen molar-refractivity contribution >= 4 is 23.4 Å². The van der Waals surface area contributed by atoms with E-state index in [-0.39, 0.29) is 0 Å². The molecule has 0 aliphatic rings. The highest BCUT2D eigenvalue weighted by atomic mass is 32.2. The maximum atomic E-state index is 10.5. The van der Waals surface area contributed by atoms with Gasteiger partial charge in [0.05, 0.1) is 11.4 Å². The van der Waals surface area contributed by atoms with Gasteiger partial charge in [-0.05, 0) is 24.3 Å². The van der Waals surface area contributed by atoms with E-state index in [2.05, 4.69) is 5.32 Å². The Hall–Kier alpha value is -1.20. The Balaban J connectivity index is 2.51. The summed E-state index contributed by atoms with van der Waals surface area (Å²) in [6.45, 7) is 0. The van der Waals surface area contributed by atoms with Gasteiger partial charge in [-0.3, -0.25) is 0 Å². The number of carbonyl (C=O) groups is 1. The Bertz CT molecular complexity index is 300. The number of benzene rings is 1. The van der Waals surface area contributed by atoms with Crippen molar-refractivity contribution in [2.75, 3.05) is 17.1 Å². The molecule has 0 aromatic heterocycles. The summed E-state index contributed by atoms with van der Waals surface area (Å²) in [6.07, 6.45) is 0.